The average Bonchev–Trinajstić information content (AvgIpc) is 2.89. The maximum atomic E-state index is 12.6. The Morgan fingerprint density at radius 3 is 2.37 bits per heavy atom. The van der Waals surface area contributed by atoms with Gasteiger partial charge < -0.3 is 19.7 Å². The Hall–Kier alpha value is -3.63. The lowest BCUT2D eigenvalue weighted by Crippen LogP contribution is -2.36. The van der Waals surface area contributed by atoms with Crippen LogP contribution in [0.3, 0.4) is 0 Å². The minimum absolute atomic E-state index is 0.121. The number of aromatic nitrogens is 1. The second-order valence-corrected chi connectivity index (χ2v) is 9.58. The highest BCUT2D eigenvalue weighted by molar-refractivity contribution is 7.92. The molecule has 0 atom stereocenters. The Kier molecular flexibility index (Phi) is 7.84. The van der Waals surface area contributed by atoms with Gasteiger partial charge in [0.2, 0.25) is 0 Å². The number of hydrogen-bond acceptors (Lipinski definition) is 7. The van der Waals surface area contributed by atoms with E-state index < -0.39 is 10.0 Å². The van der Waals surface area contributed by atoms with Gasteiger partial charge in [0.1, 0.15) is 11.6 Å². The normalized spacial score (nSPS) is 13.8. The van der Waals surface area contributed by atoms with Crippen LogP contribution in [0.1, 0.15) is 22.8 Å². The number of pyridine rings is 1. The molecular weight excluding hydrogens is 468 g/mol. The first kappa shape index (κ1) is 24.5. The summed E-state index contributed by atoms with van der Waals surface area (Å²) in [5, 5.41) is 2.86. The minimum atomic E-state index is -3.76. The van der Waals surface area contributed by atoms with Crippen LogP contribution in [0.15, 0.2) is 71.8 Å². The fourth-order valence-electron chi connectivity index (χ4n) is 3.57. The summed E-state index contributed by atoms with van der Waals surface area (Å²) in [4.78, 5) is 19.3. The SMILES string of the molecule is CCOc1ccc(S(=O)(=O)Nc2ccc(C(=O)NCc3ccc(N4CCOCC4)nc3)cc2)cc1. The third kappa shape index (κ3) is 6.49. The highest BCUT2D eigenvalue weighted by Gasteiger charge is 2.15. The van der Waals surface area contributed by atoms with Crippen molar-refractivity contribution in [1.29, 1.82) is 0 Å². The van der Waals surface area contributed by atoms with E-state index in [0.29, 0.717) is 43.4 Å². The van der Waals surface area contributed by atoms with E-state index in [-0.39, 0.29) is 10.8 Å². The number of nitrogens with one attached hydrogen (secondary N) is 2. The monoisotopic (exact) mass is 496 g/mol. The molecule has 1 fully saturated rings. The van der Waals surface area contributed by atoms with Crippen molar-refractivity contribution in [2.45, 2.75) is 18.4 Å². The Morgan fingerprint density at radius 1 is 1.03 bits per heavy atom. The molecule has 0 aliphatic carbocycles. The van der Waals surface area contributed by atoms with Crippen molar-refractivity contribution in [3.63, 3.8) is 0 Å². The van der Waals surface area contributed by atoms with Crippen LogP contribution in [-0.2, 0) is 21.3 Å². The van der Waals surface area contributed by atoms with E-state index in [4.69, 9.17) is 9.47 Å². The van der Waals surface area contributed by atoms with E-state index in [1.54, 1.807) is 42.6 Å². The molecule has 1 aromatic heterocycles. The molecule has 0 unspecified atom stereocenters. The molecular formula is C25H28N4O5S. The molecule has 3 aromatic rings. The Balaban J connectivity index is 1.31. The molecule has 0 spiro atoms. The lowest BCUT2D eigenvalue weighted by Gasteiger charge is -2.27. The fraction of sp³-hybridized carbons (Fsp3) is 0.280. The van der Waals surface area contributed by atoms with Crippen molar-refractivity contribution >= 4 is 27.4 Å². The smallest absolute Gasteiger partial charge is 0.261 e. The molecule has 9 nitrogen and oxygen atoms in total. The van der Waals surface area contributed by atoms with Crippen molar-refractivity contribution in [1.82, 2.24) is 10.3 Å². The van der Waals surface area contributed by atoms with Crippen LogP contribution in [0.2, 0.25) is 0 Å². The maximum absolute atomic E-state index is 12.6. The zero-order valence-electron chi connectivity index (χ0n) is 19.4. The Bertz CT molecular complexity index is 1220. The van der Waals surface area contributed by atoms with Crippen LogP contribution in [-0.4, -0.2) is 52.2 Å². The Morgan fingerprint density at radius 2 is 1.74 bits per heavy atom. The molecule has 1 saturated heterocycles. The second-order valence-electron chi connectivity index (χ2n) is 7.89. The third-order valence-corrected chi connectivity index (χ3v) is 6.84. The number of amides is 1. The van der Waals surface area contributed by atoms with Gasteiger partial charge in [0.25, 0.3) is 15.9 Å². The van der Waals surface area contributed by atoms with E-state index in [1.807, 2.05) is 19.1 Å². The summed E-state index contributed by atoms with van der Waals surface area (Å²) in [6.45, 7) is 5.72. The molecule has 35 heavy (non-hydrogen) atoms. The number of hydrogen-bond donors (Lipinski definition) is 2. The van der Waals surface area contributed by atoms with Crippen molar-refractivity contribution in [2.75, 3.05) is 42.5 Å². The number of carbonyl (C=O) groups is 1. The number of ether oxygens (including phenoxy) is 2. The van der Waals surface area contributed by atoms with Crippen molar-refractivity contribution < 1.29 is 22.7 Å². The summed E-state index contributed by atoms with van der Waals surface area (Å²) >= 11 is 0. The molecule has 4 rings (SSSR count). The molecule has 0 radical (unpaired) electrons. The largest absolute Gasteiger partial charge is 0.494 e. The van der Waals surface area contributed by atoms with Crippen LogP contribution < -0.4 is 19.7 Å². The molecule has 0 bridgehead atoms. The van der Waals surface area contributed by atoms with E-state index >= 15 is 0 Å². The summed E-state index contributed by atoms with van der Waals surface area (Å²) in [7, 11) is -3.76. The minimum Gasteiger partial charge on any atom is -0.494 e. The first-order chi connectivity index (χ1) is 16.9. The van der Waals surface area contributed by atoms with Crippen molar-refractivity contribution in [2.24, 2.45) is 0 Å². The quantitative estimate of drug-likeness (QED) is 0.469. The molecule has 184 valence electrons. The summed E-state index contributed by atoms with van der Waals surface area (Å²) < 4.78 is 38.5. The lowest BCUT2D eigenvalue weighted by atomic mass is 10.2. The van der Waals surface area contributed by atoms with Gasteiger partial charge in [0, 0.05) is 37.1 Å². The lowest BCUT2D eigenvalue weighted by molar-refractivity contribution is 0.0951. The van der Waals surface area contributed by atoms with Gasteiger partial charge in [-0.05, 0) is 67.1 Å². The summed E-state index contributed by atoms with van der Waals surface area (Å²) in [5.41, 5.74) is 1.67. The summed E-state index contributed by atoms with van der Waals surface area (Å²) in [6, 6.07) is 16.3. The number of carbonyl (C=O) groups excluding carboxylic acids is 1. The number of sulfonamides is 1. The van der Waals surface area contributed by atoms with Gasteiger partial charge in [-0.3, -0.25) is 9.52 Å². The standard InChI is InChI=1S/C25H28N4O5S/c1-2-34-22-8-10-23(11-9-22)35(31,32)28-21-6-4-20(5-7-21)25(30)27-18-19-3-12-24(26-17-19)29-13-15-33-16-14-29/h3-12,17,28H,2,13-16,18H2,1H3,(H,27,30). The summed E-state index contributed by atoms with van der Waals surface area (Å²) in [5.74, 6) is 1.24. The van der Waals surface area contributed by atoms with Gasteiger partial charge in [-0.25, -0.2) is 13.4 Å². The highest BCUT2D eigenvalue weighted by atomic mass is 32.2. The van der Waals surface area contributed by atoms with Gasteiger partial charge in [-0.1, -0.05) is 6.07 Å². The van der Waals surface area contributed by atoms with Crippen molar-refractivity contribution in [3.05, 3.63) is 78.0 Å². The summed E-state index contributed by atoms with van der Waals surface area (Å²) in [6.07, 6.45) is 1.75. The molecule has 10 heteroatoms. The molecule has 1 amide bonds. The number of morpholine rings is 1. The average molecular weight is 497 g/mol. The van der Waals surface area contributed by atoms with Gasteiger partial charge in [-0.15, -0.1) is 0 Å². The van der Waals surface area contributed by atoms with Gasteiger partial charge >= 0.3 is 0 Å². The predicted octanol–water partition coefficient (Wildman–Crippen LogP) is 3.05. The number of benzene rings is 2. The first-order valence-corrected chi connectivity index (χ1v) is 12.8. The molecule has 2 N–H and O–H groups in total. The van der Waals surface area contributed by atoms with Crippen LogP contribution in [0.5, 0.6) is 5.75 Å². The highest BCUT2D eigenvalue weighted by Crippen LogP contribution is 2.20. The van der Waals surface area contributed by atoms with Gasteiger partial charge in [0.15, 0.2) is 0 Å². The fourth-order valence-corrected chi connectivity index (χ4v) is 4.63. The molecule has 2 heterocycles. The zero-order chi connectivity index (χ0) is 24.7. The van der Waals surface area contributed by atoms with Crippen LogP contribution in [0.4, 0.5) is 11.5 Å². The molecule has 1 aliphatic heterocycles. The zero-order valence-corrected chi connectivity index (χ0v) is 20.3. The van der Waals surface area contributed by atoms with Crippen LogP contribution >= 0.6 is 0 Å². The first-order valence-electron chi connectivity index (χ1n) is 11.4. The van der Waals surface area contributed by atoms with Crippen LogP contribution in [0, 0.1) is 0 Å². The number of anilines is 2. The van der Waals surface area contributed by atoms with Crippen molar-refractivity contribution in [3.8, 4) is 5.75 Å². The topological polar surface area (TPSA) is 110 Å². The van der Waals surface area contributed by atoms with E-state index in [0.717, 1.165) is 24.5 Å². The molecule has 2 aromatic carbocycles. The van der Waals surface area contributed by atoms with E-state index in [2.05, 4.69) is 19.9 Å². The predicted molar refractivity (Wildman–Crippen MR) is 133 cm³/mol. The molecule has 0 saturated carbocycles. The van der Waals surface area contributed by atoms with Gasteiger partial charge in [0.05, 0.1) is 24.7 Å². The maximum Gasteiger partial charge on any atom is 0.261 e. The Labute approximate surface area is 205 Å². The van der Waals surface area contributed by atoms with Gasteiger partial charge in [-0.2, -0.15) is 0 Å². The second kappa shape index (κ2) is 11.2. The third-order valence-electron chi connectivity index (χ3n) is 5.44. The number of rotatable bonds is 9. The van der Waals surface area contributed by atoms with E-state index in [9.17, 15) is 13.2 Å². The molecule has 1 aliphatic rings. The number of nitrogens with zero attached hydrogens (tertiary/aromatic N) is 2. The van der Waals surface area contributed by atoms with E-state index in [1.165, 1.54) is 12.1 Å². The van der Waals surface area contributed by atoms with Crippen LogP contribution in [0.25, 0.3) is 0 Å².